The van der Waals surface area contributed by atoms with Gasteiger partial charge in [0.05, 0.1) is 0 Å². The summed E-state index contributed by atoms with van der Waals surface area (Å²) in [5.74, 6) is 0.674. The van der Waals surface area contributed by atoms with Crippen molar-refractivity contribution in [3.05, 3.63) is 22.8 Å². The molecule has 0 saturated heterocycles. The fraction of sp³-hybridized carbons (Fsp3) is 0.667. The van der Waals surface area contributed by atoms with E-state index in [2.05, 4.69) is 33.8 Å². The third kappa shape index (κ3) is 1.09. The van der Waals surface area contributed by atoms with Gasteiger partial charge in [-0.1, -0.05) is 33.8 Å². The average molecular weight is 215 g/mol. The van der Waals surface area contributed by atoms with E-state index in [9.17, 15) is 0 Å². The van der Waals surface area contributed by atoms with E-state index in [1.165, 1.54) is 17.6 Å². The summed E-state index contributed by atoms with van der Waals surface area (Å²) in [5.41, 5.74) is 5.99. The Hall–Kier alpha value is -0.850. The molecular formula is C15H21N. The molecule has 1 N–H and O–H groups in total. The Morgan fingerprint density at radius 3 is 2.56 bits per heavy atom. The summed E-state index contributed by atoms with van der Waals surface area (Å²) in [4.78, 5) is 0. The van der Waals surface area contributed by atoms with Crippen LogP contribution >= 0.6 is 0 Å². The van der Waals surface area contributed by atoms with Gasteiger partial charge in [-0.2, -0.15) is 0 Å². The first-order valence-corrected chi connectivity index (χ1v) is 6.37. The highest BCUT2D eigenvalue weighted by atomic mass is 14.6. The summed E-state index contributed by atoms with van der Waals surface area (Å²) in [6.45, 7) is 9.37. The first-order valence-electron chi connectivity index (χ1n) is 6.37. The van der Waals surface area contributed by atoms with Crippen LogP contribution in [0.2, 0.25) is 0 Å². The lowest BCUT2D eigenvalue weighted by molar-refractivity contribution is 0.278. The van der Waals surface area contributed by atoms with Gasteiger partial charge < -0.3 is 5.41 Å². The maximum atomic E-state index is 8.12. The van der Waals surface area contributed by atoms with Crippen LogP contribution in [0.15, 0.2) is 22.8 Å². The molecule has 1 heteroatoms. The molecule has 0 fully saturated rings. The van der Waals surface area contributed by atoms with Gasteiger partial charge in [-0.05, 0) is 52.7 Å². The Morgan fingerprint density at radius 2 is 1.88 bits per heavy atom. The Kier molecular flexibility index (Phi) is 1.74. The largest absolute Gasteiger partial charge is 0.305 e. The normalized spacial score (nSPS) is 34.1. The molecule has 3 rings (SSSR count). The molecule has 0 aromatic rings. The molecule has 0 saturated carbocycles. The molecule has 1 atom stereocenters. The van der Waals surface area contributed by atoms with E-state index >= 15 is 0 Å². The second-order valence-electron chi connectivity index (χ2n) is 6.90. The summed E-state index contributed by atoms with van der Waals surface area (Å²) >= 11 is 0. The van der Waals surface area contributed by atoms with Crippen LogP contribution in [-0.2, 0) is 0 Å². The van der Waals surface area contributed by atoms with Crippen molar-refractivity contribution in [3.63, 3.8) is 0 Å². The van der Waals surface area contributed by atoms with Crippen molar-refractivity contribution in [1.29, 1.82) is 5.41 Å². The van der Waals surface area contributed by atoms with Crippen LogP contribution in [0.5, 0.6) is 0 Å². The SMILES string of the molecule is CC1(C)C=C2C3=C(C(=N)CC3)C(C)(C)C2C1. The highest BCUT2D eigenvalue weighted by Gasteiger charge is 2.52. The van der Waals surface area contributed by atoms with Gasteiger partial charge in [-0.25, -0.2) is 0 Å². The number of hydrogen-bond acceptors (Lipinski definition) is 1. The fourth-order valence-electron chi connectivity index (χ4n) is 4.08. The molecule has 1 unspecified atom stereocenters. The van der Waals surface area contributed by atoms with Crippen LogP contribution < -0.4 is 0 Å². The molecule has 3 aliphatic rings. The Bertz CT molecular complexity index is 446. The van der Waals surface area contributed by atoms with Crippen molar-refractivity contribution in [1.82, 2.24) is 0 Å². The summed E-state index contributed by atoms with van der Waals surface area (Å²) in [7, 11) is 0. The predicted octanol–water partition coefficient (Wildman–Crippen LogP) is 4.11. The minimum atomic E-state index is 0.211. The van der Waals surface area contributed by atoms with Crippen LogP contribution in [0.4, 0.5) is 0 Å². The van der Waals surface area contributed by atoms with Crippen LogP contribution in [-0.4, -0.2) is 5.71 Å². The van der Waals surface area contributed by atoms with Gasteiger partial charge in [0.15, 0.2) is 0 Å². The van der Waals surface area contributed by atoms with Crippen molar-refractivity contribution in [2.24, 2.45) is 16.7 Å². The van der Waals surface area contributed by atoms with E-state index in [-0.39, 0.29) is 5.41 Å². The van der Waals surface area contributed by atoms with Crippen molar-refractivity contribution in [3.8, 4) is 0 Å². The number of rotatable bonds is 0. The van der Waals surface area contributed by atoms with Crippen molar-refractivity contribution in [2.75, 3.05) is 0 Å². The van der Waals surface area contributed by atoms with Gasteiger partial charge in [0.1, 0.15) is 0 Å². The topological polar surface area (TPSA) is 23.9 Å². The Balaban J connectivity index is 2.17. The quantitative estimate of drug-likeness (QED) is 0.629. The maximum absolute atomic E-state index is 8.12. The van der Waals surface area contributed by atoms with Gasteiger partial charge >= 0.3 is 0 Å². The van der Waals surface area contributed by atoms with Gasteiger partial charge in [0.25, 0.3) is 0 Å². The predicted molar refractivity (Wildman–Crippen MR) is 67.7 cm³/mol. The Labute approximate surface area is 98.1 Å². The van der Waals surface area contributed by atoms with E-state index in [1.54, 1.807) is 5.57 Å². The molecule has 0 amide bonds. The smallest absolute Gasteiger partial charge is 0.0357 e. The lowest BCUT2D eigenvalue weighted by Crippen LogP contribution is -2.26. The number of fused-ring (bicyclic) bond motifs is 2. The maximum Gasteiger partial charge on any atom is 0.0357 e. The van der Waals surface area contributed by atoms with E-state index in [1.807, 2.05) is 0 Å². The summed E-state index contributed by atoms with van der Waals surface area (Å²) in [5, 5.41) is 8.12. The van der Waals surface area contributed by atoms with Crippen molar-refractivity contribution in [2.45, 2.75) is 47.0 Å². The van der Waals surface area contributed by atoms with Gasteiger partial charge in [0.2, 0.25) is 0 Å². The minimum Gasteiger partial charge on any atom is -0.305 e. The first kappa shape index (κ1) is 10.3. The molecule has 0 spiro atoms. The second kappa shape index (κ2) is 2.69. The standard InChI is InChI=1S/C15H21N/c1-14(2)7-10-9-5-6-12(16)13(9)15(3,4)11(10)8-14/h7,11,16H,5-6,8H2,1-4H3. The van der Waals surface area contributed by atoms with Crippen molar-refractivity contribution < 1.29 is 0 Å². The van der Waals surface area contributed by atoms with Gasteiger partial charge in [0, 0.05) is 5.71 Å². The molecule has 16 heavy (non-hydrogen) atoms. The zero-order chi connectivity index (χ0) is 11.7. The monoisotopic (exact) mass is 215 g/mol. The minimum absolute atomic E-state index is 0.211. The van der Waals surface area contributed by atoms with Crippen molar-refractivity contribution >= 4 is 5.71 Å². The van der Waals surface area contributed by atoms with E-state index < -0.39 is 0 Å². The zero-order valence-corrected chi connectivity index (χ0v) is 10.8. The van der Waals surface area contributed by atoms with E-state index in [4.69, 9.17) is 5.41 Å². The molecule has 1 nitrogen and oxygen atoms in total. The average Bonchev–Trinajstić information content (AvgIpc) is 2.70. The van der Waals surface area contributed by atoms with Crippen LogP contribution in [0.3, 0.4) is 0 Å². The molecule has 0 radical (unpaired) electrons. The highest BCUT2D eigenvalue weighted by molar-refractivity contribution is 6.04. The van der Waals surface area contributed by atoms with Gasteiger partial charge in [-0.3, -0.25) is 0 Å². The van der Waals surface area contributed by atoms with Crippen LogP contribution in [0, 0.1) is 22.2 Å². The number of nitrogens with one attached hydrogen (secondary N) is 1. The summed E-state index contributed by atoms with van der Waals surface area (Å²) in [6, 6.07) is 0. The fourth-order valence-corrected chi connectivity index (χ4v) is 4.08. The highest BCUT2D eigenvalue weighted by Crippen LogP contribution is 2.61. The molecular weight excluding hydrogens is 194 g/mol. The van der Waals surface area contributed by atoms with E-state index in [0.717, 1.165) is 18.6 Å². The van der Waals surface area contributed by atoms with E-state index in [0.29, 0.717) is 11.3 Å². The number of allylic oxidation sites excluding steroid dienone is 4. The third-order valence-corrected chi connectivity index (χ3v) is 4.74. The second-order valence-corrected chi connectivity index (χ2v) is 6.90. The summed E-state index contributed by atoms with van der Waals surface area (Å²) in [6.07, 6.45) is 5.84. The zero-order valence-electron chi connectivity index (χ0n) is 10.8. The lowest BCUT2D eigenvalue weighted by atomic mass is 9.72. The third-order valence-electron chi connectivity index (χ3n) is 4.74. The Morgan fingerprint density at radius 1 is 1.19 bits per heavy atom. The van der Waals surface area contributed by atoms with Crippen LogP contribution in [0.1, 0.15) is 47.0 Å². The molecule has 86 valence electrons. The molecule has 0 bridgehead atoms. The molecule has 3 aliphatic carbocycles. The molecule has 0 heterocycles. The summed E-state index contributed by atoms with van der Waals surface area (Å²) < 4.78 is 0. The van der Waals surface area contributed by atoms with Crippen LogP contribution in [0.25, 0.3) is 0 Å². The molecule has 0 aromatic carbocycles. The molecule has 0 aliphatic heterocycles. The molecule has 0 aromatic heterocycles. The lowest BCUT2D eigenvalue weighted by Gasteiger charge is -2.31. The first-order chi connectivity index (χ1) is 7.33. The van der Waals surface area contributed by atoms with Gasteiger partial charge in [-0.15, -0.1) is 0 Å². The number of hydrogen-bond donors (Lipinski definition) is 1.